The predicted octanol–water partition coefficient (Wildman–Crippen LogP) is 22.0. The van der Waals surface area contributed by atoms with Crippen molar-refractivity contribution in [2.45, 2.75) is 131 Å². The number of hydrogen-bond donors (Lipinski definition) is 0. The molecule has 436 valence electrons. The zero-order valence-electron chi connectivity index (χ0n) is 60.0. The van der Waals surface area contributed by atoms with E-state index in [2.05, 4.69) is 198 Å². The second-order valence-corrected chi connectivity index (χ2v) is 27.2. The van der Waals surface area contributed by atoms with E-state index in [-0.39, 0.29) is 42.9 Å². The molecule has 0 saturated carbocycles. The Morgan fingerprint density at radius 2 is 0.965 bits per heavy atom. The van der Waals surface area contributed by atoms with Gasteiger partial charge < -0.3 is 18.8 Å². The van der Waals surface area contributed by atoms with Gasteiger partial charge in [0.2, 0.25) is 0 Å². The third-order valence-electron chi connectivity index (χ3n) is 17.0. The summed E-state index contributed by atoms with van der Waals surface area (Å²) in [5.41, 5.74) is 7.39. The SMILES string of the molecule is [2H]C([2H])([2H])C(c1cc(-c2cccc3c4ccccc4c4c(-c5cc(C(C)(C)C)cc(C(C)(C)C)c5)cccc4c4cccc5c4n(c23)[CH-]N5c2[c-]c(Oc3[c-]c4c(cc3)c3ccccc3n4-c3cc(C(C)(C)C)ccn3)ccc2)cc(C(C)(C)C)c1)(C([2H])([2H])[2H])C([2H])([2H])[2H].[Pt]. The molecule has 0 unspecified atom stereocenters. The Morgan fingerprint density at radius 1 is 0.442 bits per heavy atom. The standard InChI is InChI=1S/C80H77N4O.Pt/c1-76(2,3)52-38-39-81-72(46-52)84-69-34-19-18-27-63(69)64-37-36-59(48-71(64)84)85-58-25-20-24-57(47-58)82-49-83-74-61(51-42-55(79(10,11)12)45-56(43-51)80(13,14)15)30-22-32-67(74)62-26-16-17-28-65(62)73-60(29-21-31-66(73)68-33-23-35-70(82)75(68)83)50-40-53(77(4,5)6)44-54(41-50)78(7,8)9;/h16-46,49H,1-15H3;/q-3;/i10D3,11D3,12D3;. The maximum atomic E-state index is 8.95. The van der Waals surface area contributed by atoms with E-state index >= 15 is 0 Å². The van der Waals surface area contributed by atoms with Crippen molar-refractivity contribution in [1.82, 2.24) is 14.1 Å². The maximum absolute atomic E-state index is 8.95. The van der Waals surface area contributed by atoms with Gasteiger partial charge in [-0.15, -0.1) is 35.7 Å². The quantitative estimate of drug-likeness (QED) is 0.156. The van der Waals surface area contributed by atoms with Crippen LogP contribution in [0.4, 0.5) is 11.4 Å². The van der Waals surface area contributed by atoms with Gasteiger partial charge >= 0.3 is 0 Å². The Morgan fingerprint density at radius 3 is 1.62 bits per heavy atom. The molecule has 9 aromatic carbocycles. The number of fused-ring (bicyclic) bond motifs is 10. The van der Waals surface area contributed by atoms with Gasteiger partial charge in [-0.3, -0.25) is 0 Å². The fourth-order valence-electron chi connectivity index (χ4n) is 12.3. The summed E-state index contributed by atoms with van der Waals surface area (Å²) in [7, 11) is 0. The van der Waals surface area contributed by atoms with E-state index in [9.17, 15) is 0 Å². The second kappa shape index (κ2) is 21.1. The normalized spacial score (nSPS) is 15.0. The van der Waals surface area contributed by atoms with Crippen LogP contribution in [-0.4, -0.2) is 14.1 Å². The first-order chi connectivity index (χ1) is 44.0. The van der Waals surface area contributed by atoms with Crippen molar-refractivity contribution < 1.29 is 38.1 Å². The van der Waals surface area contributed by atoms with E-state index in [0.717, 1.165) is 87.8 Å². The van der Waals surface area contributed by atoms with Gasteiger partial charge in [-0.25, -0.2) is 4.98 Å². The number of nitrogens with zero attached hydrogens (tertiary/aromatic N) is 4. The first-order valence-electron chi connectivity index (χ1n) is 33.9. The van der Waals surface area contributed by atoms with Gasteiger partial charge in [-0.1, -0.05) is 242 Å². The third-order valence-corrected chi connectivity index (χ3v) is 17.0. The average molecular weight is 1310 g/mol. The summed E-state index contributed by atoms with van der Waals surface area (Å²) in [5, 5.41) is 7.68. The van der Waals surface area contributed by atoms with Crippen molar-refractivity contribution in [3.05, 3.63) is 235 Å². The largest absolute Gasteiger partial charge is 0.509 e. The van der Waals surface area contributed by atoms with Crippen molar-refractivity contribution in [1.29, 1.82) is 0 Å². The molecule has 4 heterocycles. The molecule has 0 fully saturated rings. The molecule has 1 aliphatic rings. The van der Waals surface area contributed by atoms with Gasteiger partial charge in [0.15, 0.2) is 0 Å². The number of aromatic nitrogens is 3. The molecule has 12 aromatic rings. The fourth-order valence-corrected chi connectivity index (χ4v) is 12.3. The molecular weight excluding hydrogens is 1230 g/mol. The number of hydrogen-bond acceptors (Lipinski definition) is 3. The Balaban J connectivity index is 0.00000864. The first kappa shape index (κ1) is 48.1. The van der Waals surface area contributed by atoms with E-state index in [1.807, 2.05) is 94.3 Å². The van der Waals surface area contributed by atoms with Crippen LogP contribution in [0, 0.1) is 18.8 Å². The molecule has 0 spiro atoms. The number of anilines is 2. The van der Waals surface area contributed by atoms with Crippen molar-refractivity contribution in [3.8, 4) is 39.6 Å². The summed E-state index contributed by atoms with van der Waals surface area (Å²) in [6, 6.07) is 68.9. The van der Waals surface area contributed by atoms with Crippen molar-refractivity contribution >= 4 is 76.5 Å². The minimum Gasteiger partial charge on any atom is -0.509 e. The van der Waals surface area contributed by atoms with Crippen molar-refractivity contribution in [3.63, 3.8) is 0 Å². The molecule has 13 rings (SSSR count). The van der Waals surface area contributed by atoms with Gasteiger partial charge in [-0.05, 0) is 157 Å². The number of pyridine rings is 1. The van der Waals surface area contributed by atoms with Crippen molar-refractivity contribution in [2.24, 2.45) is 0 Å². The van der Waals surface area contributed by atoms with Crippen LogP contribution < -0.4 is 9.64 Å². The smallest absolute Gasteiger partial charge is 0.135 e. The van der Waals surface area contributed by atoms with Crippen molar-refractivity contribution in [2.75, 3.05) is 4.90 Å². The molecule has 0 atom stereocenters. The van der Waals surface area contributed by atoms with Crippen LogP contribution in [0.3, 0.4) is 0 Å². The van der Waals surface area contributed by atoms with Crippen LogP contribution in [0.15, 0.2) is 188 Å². The van der Waals surface area contributed by atoms with Crippen LogP contribution in [0.2, 0.25) is 0 Å². The Hall–Kier alpha value is -8.11. The second-order valence-electron chi connectivity index (χ2n) is 27.2. The summed E-state index contributed by atoms with van der Waals surface area (Å²) in [6.45, 7) is 17.5. The Kier molecular flexibility index (Phi) is 11.8. The molecule has 1 aliphatic heterocycles. The van der Waals surface area contributed by atoms with Gasteiger partial charge in [0.05, 0.1) is 0 Å². The van der Waals surface area contributed by atoms with Crippen LogP contribution in [0.25, 0.3) is 93.2 Å². The number of rotatable bonds is 6. The summed E-state index contributed by atoms with van der Waals surface area (Å²) >= 11 is 0. The van der Waals surface area contributed by atoms with E-state index in [4.69, 9.17) is 22.1 Å². The number of benzene rings is 9. The first-order valence-corrected chi connectivity index (χ1v) is 29.4. The molecule has 86 heavy (non-hydrogen) atoms. The molecule has 0 saturated heterocycles. The summed E-state index contributed by atoms with van der Waals surface area (Å²) in [6.07, 6.45) is 1.86. The van der Waals surface area contributed by atoms with E-state index < -0.39 is 31.4 Å². The maximum Gasteiger partial charge on any atom is 0.135 e. The minimum absolute atomic E-state index is 0. The molecule has 3 aromatic heterocycles. The zero-order chi connectivity index (χ0) is 67.2. The average Bonchev–Trinajstić information content (AvgIpc) is 1.07. The van der Waals surface area contributed by atoms with E-state index in [1.165, 1.54) is 23.3 Å². The minimum atomic E-state index is -3.50. The summed E-state index contributed by atoms with van der Waals surface area (Å²) < 4.78 is 91.7. The molecule has 5 nitrogen and oxygen atoms in total. The van der Waals surface area contributed by atoms with Gasteiger partial charge in [-0.2, -0.15) is 12.1 Å². The van der Waals surface area contributed by atoms with Gasteiger partial charge in [0, 0.05) is 62.3 Å². The molecule has 0 N–H and O–H groups in total. The number of ether oxygens (including phenoxy) is 1. The van der Waals surface area contributed by atoms with Crippen LogP contribution >= 0.6 is 0 Å². The number of para-hydroxylation sites is 3. The molecular formula is C80H77N4OPt-3. The van der Waals surface area contributed by atoms with E-state index in [0.29, 0.717) is 39.4 Å². The van der Waals surface area contributed by atoms with Crippen LogP contribution in [-0.2, 0) is 48.1 Å². The predicted molar refractivity (Wildman–Crippen MR) is 361 cm³/mol. The molecule has 0 aliphatic carbocycles. The summed E-state index contributed by atoms with van der Waals surface area (Å²) in [4.78, 5) is 7.00. The zero-order valence-corrected chi connectivity index (χ0v) is 53.3. The molecule has 0 amide bonds. The summed E-state index contributed by atoms with van der Waals surface area (Å²) in [5.74, 6) is 1.71. The van der Waals surface area contributed by atoms with E-state index in [1.54, 1.807) is 0 Å². The van der Waals surface area contributed by atoms with Gasteiger partial charge in [0.25, 0.3) is 0 Å². The monoisotopic (exact) mass is 1310 g/mol. The molecule has 0 bridgehead atoms. The van der Waals surface area contributed by atoms with Crippen LogP contribution in [0.1, 0.15) is 144 Å². The Bertz CT molecular complexity index is 5050. The molecule has 0 radical (unpaired) electrons. The third kappa shape index (κ3) is 10.3. The Labute approximate surface area is 535 Å². The van der Waals surface area contributed by atoms with Crippen LogP contribution in [0.5, 0.6) is 11.5 Å². The topological polar surface area (TPSA) is 35.2 Å². The van der Waals surface area contributed by atoms with Gasteiger partial charge in [0.1, 0.15) is 5.82 Å². The molecule has 6 heteroatoms. The fraction of sp³-hybridized carbons (Fsp3) is 0.250.